The van der Waals surface area contributed by atoms with Crippen molar-refractivity contribution in [1.29, 1.82) is 0 Å². The van der Waals surface area contributed by atoms with Gasteiger partial charge in [0.05, 0.1) is 48.7 Å². The monoisotopic (exact) mass is 1070 g/mol. The Hall–Kier alpha value is -8.30. The lowest BCUT2D eigenvalue weighted by Crippen LogP contribution is -2.67. The van der Waals surface area contributed by atoms with Crippen LogP contribution < -0.4 is 0 Å². The van der Waals surface area contributed by atoms with E-state index in [1.807, 2.05) is 91.0 Å². The number of carbonyl (C=O) groups excluding carboxylic acids is 4. The minimum atomic E-state index is -1.76. The summed E-state index contributed by atoms with van der Waals surface area (Å²) in [6, 6.07) is 60.9. The van der Waals surface area contributed by atoms with E-state index >= 15 is 0 Å². The van der Waals surface area contributed by atoms with Gasteiger partial charge >= 0.3 is 23.9 Å². The Bertz CT molecular complexity index is 3040. The van der Waals surface area contributed by atoms with Crippen molar-refractivity contribution in [2.24, 2.45) is 0 Å². The van der Waals surface area contributed by atoms with Crippen LogP contribution >= 0.6 is 0 Å². The summed E-state index contributed by atoms with van der Waals surface area (Å²) in [6.07, 6.45) is -8.34. The zero-order valence-corrected chi connectivity index (χ0v) is 42.9. The van der Waals surface area contributed by atoms with Crippen molar-refractivity contribution in [2.45, 2.75) is 81.2 Å². The average Bonchev–Trinajstić information content (AvgIpc) is 3.63. The third-order valence-electron chi connectivity index (χ3n) is 12.9. The van der Waals surface area contributed by atoms with Crippen LogP contribution in [0, 0.1) is 12.3 Å². The summed E-state index contributed by atoms with van der Waals surface area (Å²) in [5.41, 5.74) is 3.06. The molecule has 2 saturated heterocycles. The van der Waals surface area contributed by atoms with Crippen LogP contribution in [0.25, 0.3) is 0 Å². The van der Waals surface area contributed by atoms with Gasteiger partial charge in [-0.05, 0) is 65.2 Å². The number of hydrogen-bond acceptors (Lipinski definition) is 15. The van der Waals surface area contributed by atoms with Crippen LogP contribution in [0.3, 0.4) is 0 Å². The van der Waals surface area contributed by atoms with E-state index in [0.717, 1.165) is 16.7 Å². The normalized spacial score (nSPS) is 22.6. The second kappa shape index (κ2) is 28.4. The van der Waals surface area contributed by atoms with Gasteiger partial charge in [0.15, 0.2) is 30.9 Å². The molecule has 9 rings (SSSR count). The summed E-state index contributed by atoms with van der Waals surface area (Å²) < 4.78 is 72.3. The molecule has 79 heavy (non-hydrogen) atoms. The first-order valence-electron chi connectivity index (χ1n) is 25.8. The number of esters is 4. The summed E-state index contributed by atoms with van der Waals surface area (Å²) in [6.45, 7) is -0.659. The first kappa shape index (κ1) is 55.5. The predicted octanol–water partition coefficient (Wildman–Crippen LogP) is 9.39. The molecular formula is C64H58O15. The molecule has 7 aromatic rings. The van der Waals surface area contributed by atoms with Crippen molar-refractivity contribution in [3.05, 3.63) is 251 Å². The fourth-order valence-corrected chi connectivity index (χ4v) is 9.00. The number of rotatable bonds is 23. The van der Waals surface area contributed by atoms with Gasteiger partial charge in [-0.15, -0.1) is 6.42 Å². The molecule has 0 radical (unpaired) electrons. The van der Waals surface area contributed by atoms with Gasteiger partial charge in [0.1, 0.15) is 43.7 Å². The van der Waals surface area contributed by atoms with Gasteiger partial charge < -0.3 is 52.1 Å². The van der Waals surface area contributed by atoms with Gasteiger partial charge in [-0.25, -0.2) is 19.2 Å². The van der Waals surface area contributed by atoms with Crippen molar-refractivity contribution in [3.63, 3.8) is 0 Å². The molecule has 0 bridgehead atoms. The van der Waals surface area contributed by atoms with Gasteiger partial charge in [0, 0.05) is 0 Å². The molecule has 2 aliphatic heterocycles. The SMILES string of the molecule is C#CCO[C@H]1O[C@H](COCc2ccccc2)[C@@H](O[C@H]2O[C@H](COC(=O)c3ccccc3)[C@@H](OC(=O)c3ccccc3)[C@H](OC(=O)c3ccccc3)[C@@H]2OC(=O)c2ccccc2)[C@H](OCc2ccccc2)[C@H]1OCc1ccccc1. The Morgan fingerprint density at radius 2 is 0.759 bits per heavy atom. The van der Waals surface area contributed by atoms with E-state index in [-0.39, 0.29) is 55.3 Å². The van der Waals surface area contributed by atoms with Gasteiger partial charge in [-0.2, -0.15) is 0 Å². The molecule has 7 aromatic carbocycles. The van der Waals surface area contributed by atoms with Crippen molar-refractivity contribution in [2.75, 3.05) is 19.8 Å². The molecule has 404 valence electrons. The van der Waals surface area contributed by atoms with Crippen molar-refractivity contribution < 1.29 is 71.3 Å². The van der Waals surface area contributed by atoms with Crippen LogP contribution in [0.15, 0.2) is 212 Å². The summed E-state index contributed by atoms with van der Waals surface area (Å²) in [4.78, 5) is 57.2. The predicted molar refractivity (Wildman–Crippen MR) is 287 cm³/mol. The van der Waals surface area contributed by atoms with Crippen molar-refractivity contribution in [1.82, 2.24) is 0 Å². The molecule has 0 unspecified atom stereocenters. The number of ether oxygens (including phenoxy) is 11. The Morgan fingerprint density at radius 1 is 0.380 bits per heavy atom. The smallest absolute Gasteiger partial charge is 0.338 e. The topological polar surface area (TPSA) is 170 Å². The van der Waals surface area contributed by atoms with Crippen LogP contribution in [-0.4, -0.2) is 105 Å². The fraction of sp³-hybridized carbons (Fsp3) is 0.250. The van der Waals surface area contributed by atoms with E-state index in [9.17, 15) is 19.2 Å². The minimum Gasteiger partial charge on any atom is -0.459 e. The van der Waals surface area contributed by atoms with Gasteiger partial charge in [0.25, 0.3) is 0 Å². The maximum absolute atomic E-state index is 14.6. The van der Waals surface area contributed by atoms with E-state index in [0.29, 0.717) is 0 Å². The largest absolute Gasteiger partial charge is 0.459 e. The lowest BCUT2D eigenvalue weighted by molar-refractivity contribution is -0.366. The van der Waals surface area contributed by atoms with E-state index in [1.54, 1.807) is 97.1 Å². The van der Waals surface area contributed by atoms with Gasteiger partial charge in [-0.3, -0.25) is 0 Å². The molecule has 0 saturated carbocycles. The zero-order chi connectivity index (χ0) is 54.6. The zero-order valence-electron chi connectivity index (χ0n) is 42.9. The quantitative estimate of drug-likeness (QED) is 0.0337. The first-order chi connectivity index (χ1) is 38.8. The van der Waals surface area contributed by atoms with Crippen molar-refractivity contribution >= 4 is 23.9 Å². The maximum Gasteiger partial charge on any atom is 0.338 e. The molecule has 2 fully saturated rings. The average molecular weight is 1070 g/mol. The highest BCUT2D eigenvalue weighted by Gasteiger charge is 2.57. The van der Waals surface area contributed by atoms with Crippen molar-refractivity contribution in [3.8, 4) is 12.3 Å². The third kappa shape index (κ3) is 15.3. The number of hydrogen-bond donors (Lipinski definition) is 0. The Kier molecular flexibility index (Phi) is 19.9. The van der Waals surface area contributed by atoms with Crippen LogP contribution in [0.4, 0.5) is 0 Å². The molecule has 0 aliphatic carbocycles. The molecule has 15 nitrogen and oxygen atoms in total. The van der Waals surface area contributed by atoms with E-state index < -0.39 is 91.9 Å². The Balaban J connectivity index is 1.17. The van der Waals surface area contributed by atoms with Crippen LogP contribution in [-0.2, 0) is 71.9 Å². The second-order valence-corrected chi connectivity index (χ2v) is 18.4. The molecule has 15 heteroatoms. The number of benzene rings is 7. The fourth-order valence-electron chi connectivity index (χ4n) is 9.00. The summed E-state index contributed by atoms with van der Waals surface area (Å²) in [5.74, 6) is -0.832. The van der Waals surface area contributed by atoms with Crippen LogP contribution in [0.5, 0.6) is 0 Å². The molecule has 0 aromatic heterocycles. The molecular weight excluding hydrogens is 1010 g/mol. The highest BCUT2D eigenvalue weighted by atomic mass is 16.8. The summed E-state index contributed by atoms with van der Waals surface area (Å²) in [7, 11) is 0. The first-order valence-corrected chi connectivity index (χ1v) is 25.8. The second-order valence-electron chi connectivity index (χ2n) is 18.4. The highest BCUT2D eigenvalue weighted by Crippen LogP contribution is 2.37. The third-order valence-corrected chi connectivity index (χ3v) is 12.9. The number of terminal acetylenes is 1. The molecule has 0 N–H and O–H groups in total. The number of carbonyl (C=O) groups is 4. The van der Waals surface area contributed by atoms with E-state index in [2.05, 4.69) is 5.92 Å². The molecule has 2 heterocycles. The molecule has 0 spiro atoms. The van der Waals surface area contributed by atoms with Gasteiger partial charge in [-0.1, -0.05) is 170 Å². The summed E-state index contributed by atoms with van der Waals surface area (Å²) in [5, 5.41) is 0. The molecule has 0 amide bonds. The molecule has 2 aliphatic rings. The van der Waals surface area contributed by atoms with Crippen LogP contribution in [0.1, 0.15) is 58.1 Å². The van der Waals surface area contributed by atoms with E-state index in [1.165, 1.54) is 24.3 Å². The minimum absolute atomic E-state index is 0.0286. The van der Waals surface area contributed by atoms with E-state index in [4.69, 9.17) is 58.5 Å². The Labute approximate surface area is 458 Å². The summed E-state index contributed by atoms with van der Waals surface area (Å²) >= 11 is 0. The lowest BCUT2D eigenvalue weighted by atomic mass is 9.95. The lowest BCUT2D eigenvalue weighted by Gasteiger charge is -2.49. The maximum atomic E-state index is 14.6. The Morgan fingerprint density at radius 3 is 1.23 bits per heavy atom. The molecule has 10 atom stereocenters. The van der Waals surface area contributed by atoms with Crippen LogP contribution in [0.2, 0.25) is 0 Å². The standard InChI is InChI=1S/C64H58O15/c1-2-38-70-63-57(72-41-46-28-14-5-15-29-46)55(71-40-45-26-12-4-13-27-45)53(51(74-63)42-69-39-44-24-10-3-11-25-44)79-64-58(78-62(68)50-36-22-9-23-37-50)56(77-61(67)49-34-20-8-21-35-49)54(76-60(66)48-32-18-7-19-33-48)52(75-64)43-73-59(65)47-30-16-6-17-31-47/h1,3-37,51-58,63-64H,38-43H2/t51-,52-,53-,54-,55+,56+,57-,58+,63+,64-/m1/s1. The highest BCUT2D eigenvalue weighted by molar-refractivity contribution is 5.91. The van der Waals surface area contributed by atoms with Gasteiger partial charge in [0.2, 0.25) is 0 Å².